The largest absolute Gasteiger partial charge is 0.633 e. The first kappa shape index (κ1) is 7.03. The van der Waals surface area contributed by atoms with Crippen LogP contribution in [0, 0.1) is 11.1 Å². The quantitative estimate of drug-likeness (QED) is 0.358. The Kier molecular flexibility index (Phi) is 1.78. The summed E-state index contributed by atoms with van der Waals surface area (Å²) in [6.45, 7) is 3.80. The zero-order chi connectivity index (χ0) is 6.91. The highest BCUT2D eigenvalue weighted by atomic mass is 16.5. The van der Waals surface area contributed by atoms with E-state index in [-0.39, 0.29) is 4.65 Å². The Hall–Kier alpha value is -0.0800. The predicted molar refractivity (Wildman–Crippen MR) is 37.7 cm³/mol. The van der Waals surface area contributed by atoms with Crippen LogP contribution in [0.5, 0.6) is 0 Å². The Morgan fingerprint density at radius 2 is 2.22 bits per heavy atom. The van der Waals surface area contributed by atoms with Gasteiger partial charge in [0, 0.05) is 5.92 Å². The summed E-state index contributed by atoms with van der Waals surface area (Å²) in [5.41, 5.74) is 0. The molecule has 0 bridgehead atoms. The van der Waals surface area contributed by atoms with E-state index in [2.05, 4.69) is 6.92 Å². The number of rotatable bonds is 0. The third-order valence-corrected chi connectivity index (χ3v) is 2.03. The summed E-state index contributed by atoms with van der Waals surface area (Å²) >= 11 is 0. The highest BCUT2D eigenvalue weighted by Crippen LogP contribution is 2.19. The van der Waals surface area contributed by atoms with Crippen LogP contribution in [0.1, 0.15) is 19.8 Å². The second-order valence-electron chi connectivity index (χ2n) is 3.45. The molecule has 9 heavy (non-hydrogen) atoms. The van der Waals surface area contributed by atoms with Gasteiger partial charge < -0.3 is 9.85 Å². The molecule has 1 fully saturated rings. The molecule has 2 nitrogen and oxygen atoms in total. The van der Waals surface area contributed by atoms with Gasteiger partial charge in [-0.2, -0.15) is 0 Å². The Morgan fingerprint density at radius 1 is 1.56 bits per heavy atom. The lowest BCUT2D eigenvalue weighted by Crippen LogP contribution is -2.45. The molecule has 0 saturated carbocycles. The van der Waals surface area contributed by atoms with E-state index >= 15 is 0 Å². The Bertz CT molecular complexity index is 101. The van der Waals surface area contributed by atoms with E-state index in [1.165, 1.54) is 6.42 Å². The van der Waals surface area contributed by atoms with Crippen LogP contribution in [0.2, 0.25) is 0 Å². The minimum absolute atomic E-state index is 0.0127. The van der Waals surface area contributed by atoms with Gasteiger partial charge in [-0.25, -0.2) is 0 Å². The summed E-state index contributed by atoms with van der Waals surface area (Å²) in [5.74, 6) is 0.640. The van der Waals surface area contributed by atoms with Crippen LogP contribution in [-0.2, 0) is 0 Å². The van der Waals surface area contributed by atoms with E-state index in [1.807, 2.05) is 0 Å². The van der Waals surface area contributed by atoms with Gasteiger partial charge in [0.05, 0.1) is 20.1 Å². The van der Waals surface area contributed by atoms with E-state index in [0.717, 1.165) is 19.5 Å². The molecule has 2 atom stereocenters. The van der Waals surface area contributed by atoms with Crippen LogP contribution >= 0.6 is 0 Å². The van der Waals surface area contributed by atoms with E-state index in [1.54, 1.807) is 7.05 Å². The standard InChI is InChI=1S/C7H15NO/c1-7-4-3-5-8(2,9)6-7/h7H,3-6H2,1-2H3. The molecule has 1 heterocycles. The molecule has 0 aliphatic carbocycles. The van der Waals surface area contributed by atoms with Crippen LogP contribution < -0.4 is 0 Å². The summed E-state index contributed by atoms with van der Waals surface area (Å²) in [6.07, 6.45) is 2.36. The number of hydrogen-bond donors (Lipinski definition) is 0. The molecule has 0 radical (unpaired) electrons. The molecule has 0 aromatic carbocycles. The van der Waals surface area contributed by atoms with Gasteiger partial charge in [-0.15, -0.1) is 0 Å². The number of piperidine rings is 1. The Morgan fingerprint density at radius 3 is 2.56 bits per heavy atom. The molecule has 0 aromatic rings. The van der Waals surface area contributed by atoms with Crippen molar-refractivity contribution in [1.29, 1.82) is 0 Å². The van der Waals surface area contributed by atoms with E-state index in [9.17, 15) is 5.21 Å². The maximum atomic E-state index is 11.3. The minimum Gasteiger partial charge on any atom is -0.633 e. The van der Waals surface area contributed by atoms with Gasteiger partial charge >= 0.3 is 0 Å². The normalized spacial score (nSPS) is 45.0. The van der Waals surface area contributed by atoms with Gasteiger partial charge in [0.15, 0.2) is 0 Å². The van der Waals surface area contributed by atoms with Gasteiger partial charge in [0.25, 0.3) is 0 Å². The zero-order valence-electron chi connectivity index (χ0n) is 6.26. The fourth-order valence-electron chi connectivity index (χ4n) is 1.62. The molecular weight excluding hydrogens is 114 g/mol. The molecule has 1 saturated heterocycles. The zero-order valence-corrected chi connectivity index (χ0v) is 6.26. The van der Waals surface area contributed by atoms with Crippen LogP contribution in [0.25, 0.3) is 0 Å². The maximum Gasteiger partial charge on any atom is 0.0807 e. The average Bonchev–Trinajstić information content (AvgIpc) is 1.60. The molecule has 2 heteroatoms. The Balaban J connectivity index is 2.41. The summed E-state index contributed by atoms with van der Waals surface area (Å²) in [6, 6.07) is 0. The SMILES string of the molecule is CC1CCC[N+](C)([O-])C1. The fraction of sp³-hybridized carbons (Fsp3) is 1.00. The summed E-state index contributed by atoms with van der Waals surface area (Å²) in [4.78, 5) is 0. The number of quaternary nitrogens is 1. The second-order valence-corrected chi connectivity index (χ2v) is 3.45. The van der Waals surface area contributed by atoms with E-state index in [0.29, 0.717) is 5.92 Å². The molecular formula is C7H15NO. The van der Waals surface area contributed by atoms with Gasteiger partial charge in [0.2, 0.25) is 0 Å². The maximum absolute atomic E-state index is 11.3. The number of likely N-dealkylation sites (tertiary alicyclic amines) is 1. The van der Waals surface area contributed by atoms with Crippen molar-refractivity contribution < 1.29 is 4.65 Å². The molecule has 0 aromatic heterocycles. The van der Waals surface area contributed by atoms with Crippen molar-refractivity contribution in [2.45, 2.75) is 19.8 Å². The third-order valence-electron chi connectivity index (χ3n) is 2.03. The predicted octanol–water partition coefficient (Wildman–Crippen LogP) is 1.36. The molecule has 1 aliphatic rings. The monoisotopic (exact) mass is 129 g/mol. The summed E-state index contributed by atoms with van der Waals surface area (Å²) in [7, 11) is 1.77. The fourth-order valence-corrected chi connectivity index (χ4v) is 1.62. The first-order valence-electron chi connectivity index (χ1n) is 3.66. The first-order chi connectivity index (χ1) is 4.10. The second kappa shape index (κ2) is 2.27. The number of nitrogens with zero attached hydrogens (tertiary/aromatic N) is 1. The van der Waals surface area contributed by atoms with Gasteiger partial charge in [-0.3, -0.25) is 0 Å². The first-order valence-corrected chi connectivity index (χ1v) is 3.66. The van der Waals surface area contributed by atoms with Crippen molar-refractivity contribution in [3.63, 3.8) is 0 Å². The Labute approximate surface area is 56.6 Å². The van der Waals surface area contributed by atoms with Gasteiger partial charge in [0.1, 0.15) is 0 Å². The van der Waals surface area contributed by atoms with Gasteiger partial charge in [-0.05, 0) is 12.8 Å². The summed E-state index contributed by atoms with van der Waals surface area (Å²) < 4.78 is -0.0127. The number of hydroxylamine groups is 3. The van der Waals surface area contributed by atoms with Crippen LogP contribution in [0.15, 0.2) is 0 Å². The van der Waals surface area contributed by atoms with Crippen LogP contribution in [0.4, 0.5) is 0 Å². The highest BCUT2D eigenvalue weighted by molar-refractivity contribution is 4.58. The molecule has 0 spiro atoms. The highest BCUT2D eigenvalue weighted by Gasteiger charge is 2.20. The van der Waals surface area contributed by atoms with Crippen LogP contribution in [-0.4, -0.2) is 24.8 Å². The smallest absolute Gasteiger partial charge is 0.0807 e. The lowest BCUT2D eigenvalue weighted by Gasteiger charge is -2.44. The van der Waals surface area contributed by atoms with Crippen molar-refractivity contribution in [2.24, 2.45) is 5.92 Å². The van der Waals surface area contributed by atoms with Gasteiger partial charge in [-0.1, -0.05) is 6.92 Å². The molecule has 54 valence electrons. The molecule has 0 amide bonds. The molecule has 1 rings (SSSR count). The van der Waals surface area contributed by atoms with Crippen molar-refractivity contribution in [2.75, 3.05) is 20.1 Å². The topological polar surface area (TPSA) is 23.1 Å². The molecule has 1 aliphatic heterocycles. The summed E-state index contributed by atoms with van der Waals surface area (Å²) in [5, 5.41) is 11.3. The number of hydrogen-bond acceptors (Lipinski definition) is 1. The van der Waals surface area contributed by atoms with E-state index in [4.69, 9.17) is 0 Å². The van der Waals surface area contributed by atoms with Crippen molar-refractivity contribution in [3.05, 3.63) is 5.21 Å². The molecule has 2 unspecified atom stereocenters. The third kappa shape index (κ3) is 1.95. The van der Waals surface area contributed by atoms with E-state index < -0.39 is 0 Å². The van der Waals surface area contributed by atoms with Crippen LogP contribution in [0.3, 0.4) is 0 Å². The van der Waals surface area contributed by atoms with Crippen molar-refractivity contribution in [3.8, 4) is 0 Å². The van der Waals surface area contributed by atoms with Crippen molar-refractivity contribution in [1.82, 2.24) is 0 Å². The average molecular weight is 129 g/mol. The molecule has 0 N–H and O–H groups in total. The minimum atomic E-state index is -0.0127. The lowest BCUT2D eigenvalue weighted by atomic mass is 10.0. The van der Waals surface area contributed by atoms with Crippen molar-refractivity contribution >= 4 is 0 Å². The lowest BCUT2D eigenvalue weighted by molar-refractivity contribution is -0.869.